The van der Waals surface area contributed by atoms with Crippen molar-refractivity contribution >= 4 is 12.1 Å². The Kier molecular flexibility index (Phi) is 11.4. The molecule has 0 aromatic carbocycles. The monoisotopic (exact) mass is 589 g/mol. The second kappa shape index (κ2) is 13.8. The van der Waals surface area contributed by atoms with Crippen molar-refractivity contribution in [3.05, 3.63) is 0 Å². The van der Waals surface area contributed by atoms with Gasteiger partial charge in [0.25, 0.3) is 0 Å². The van der Waals surface area contributed by atoms with E-state index in [1.807, 2.05) is 42.0 Å². The van der Waals surface area contributed by atoms with Crippen molar-refractivity contribution in [2.24, 2.45) is 5.41 Å². The number of carbonyl (C=O) groups is 2. The van der Waals surface area contributed by atoms with Gasteiger partial charge in [0.2, 0.25) is 6.29 Å². The topological polar surface area (TPSA) is 129 Å². The molecule has 1 N–H and O–H groups in total. The first-order valence-corrected chi connectivity index (χ1v) is 14.4. The molecule has 3 aliphatic rings. The standard InChI is InChI=1S/C28H51N3O10/c1-26(2)36-16-19(39-26)20-21-22(41-27(3,4)40-21)23(37-20)38-24(33)28(5,17-32)18-35-25(34)31(14-10-12-29(6)7)15-11-13-30(8)9/h19-23,32H,10-18H2,1-9H3/t19-,20-,21+,22+,23?,28?/m1/s1. The van der Waals surface area contributed by atoms with E-state index in [-0.39, 0.29) is 13.2 Å². The Morgan fingerprint density at radius 1 is 0.878 bits per heavy atom. The number of nitrogens with zero attached hydrogens (tertiary/aromatic N) is 3. The minimum Gasteiger partial charge on any atom is -0.448 e. The molecule has 0 spiro atoms. The Balaban J connectivity index is 1.62. The number of rotatable bonds is 14. The van der Waals surface area contributed by atoms with Gasteiger partial charge in [0, 0.05) is 13.1 Å². The van der Waals surface area contributed by atoms with E-state index in [9.17, 15) is 14.7 Å². The predicted molar refractivity (Wildman–Crippen MR) is 148 cm³/mol. The molecule has 0 aliphatic carbocycles. The summed E-state index contributed by atoms with van der Waals surface area (Å²) in [5.74, 6) is -2.48. The number of ether oxygens (including phenoxy) is 7. The van der Waals surface area contributed by atoms with Crippen LogP contribution in [0.4, 0.5) is 4.79 Å². The van der Waals surface area contributed by atoms with E-state index >= 15 is 0 Å². The van der Waals surface area contributed by atoms with E-state index in [0.29, 0.717) is 13.1 Å². The summed E-state index contributed by atoms with van der Waals surface area (Å²) in [6, 6.07) is 0. The number of fused-ring (bicyclic) bond motifs is 1. The fourth-order valence-corrected chi connectivity index (χ4v) is 5.04. The summed E-state index contributed by atoms with van der Waals surface area (Å²) in [4.78, 5) is 32.2. The van der Waals surface area contributed by atoms with Crippen molar-refractivity contribution in [1.29, 1.82) is 0 Å². The minimum absolute atomic E-state index is 0.287. The molecule has 13 nitrogen and oxygen atoms in total. The lowest BCUT2D eigenvalue weighted by Crippen LogP contribution is -2.44. The summed E-state index contributed by atoms with van der Waals surface area (Å²) in [5, 5.41) is 10.2. The number of esters is 1. The normalized spacial score (nSPS) is 29.9. The second-order valence-corrected chi connectivity index (χ2v) is 12.9. The van der Waals surface area contributed by atoms with Gasteiger partial charge in [-0.25, -0.2) is 4.79 Å². The van der Waals surface area contributed by atoms with Crippen LogP contribution in [0, 0.1) is 5.41 Å². The predicted octanol–water partition coefficient (Wildman–Crippen LogP) is 1.27. The molecule has 1 amide bonds. The average Bonchev–Trinajstić information content (AvgIpc) is 3.50. The Morgan fingerprint density at radius 3 is 1.98 bits per heavy atom. The highest BCUT2D eigenvalue weighted by molar-refractivity contribution is 5.77. The Hall–Kier alpha value is -1.58. The molecule has 3 rings (SSSR count). The van der Waals surface area contributed by atoms with Crippen molar-refractivity contribution in [1.82, 2.24) is 14.7 Å². The van der Waals surface area contributed by atoms with E-state index in [1.165, 1.54) is 6.92 Å². The minimum atomic E-state index is -1.52. The maximum absolute atomic E-state index is 13.4. The van der Waals surface area contributed by atoms with Crippen LogP contribution in [0.25, 0.3) is 0 Å². The van der Waals surface area contributed by atoms with Crippen molar-refractivity contribution in [3.63, 3.8) is 0 Å². The van der Waals surface area contributed by atoms with Crippen LogP contribution in [0.2, 0.25) is 0 Å². The highest BCUT2D eigenvalue weighted by atomic mass is 16.8. The van der Waals surface area contributed by atoms with E-state index in [0.717, 1.165) is 25.9 Å². The molecule has 0 bridgehead atoms. The molecule has 2 unspecified atom stereocenters. The Morgan fingerprint density at radius 2 is 1.46 bits per heavy atom. The molecule has 3 saturated heterocycles. The van der Waals surface area contributed by atoms with Crippen LogP contribution in [-0.2, 0) is 38.0 Å². The van der Waals surface area contributed by atoms with Crippen LogP contribution in [0.5, 0.6) is 0 Å². The van der Waals surface area contributed by atoms with Gasteiger partial charge in [-0.15, -0.1) is 0 Å². The fraction of sp³-hybridized carbons (Fsp3) is 0.929. The molecule has 41 heavy (non-hydrogen) atoms. The zero-order valence-corrected chi connectivity index (χ0v) is 26.2. The van der Waals surface area contributed by atoms with E-state index in [2.05, 4.69) is 9.80 Å². The van der Waals surface area contributed by atoms with Crippen LogP contribution in [0.15, 0.2) is 0 Å². The quantitative estimate of drug-likeness (QED) is 0.293. The van der Waals surface area contributed by atoms with Crippen LogP contribution < -0.4 is 0 Å². The molecule has 0 saturated carbocycles. The Bertz CT molecular complexity index is 871. The zero-order valence-electron chi connectivity index (χ0n) is 26.2. The molecule has 0 radical (unpaired) electrons. The number of aliphatic hydroxyl groups excluding tert-OH is 1. The SMILES string of the molecule is CN(C)CCCN(CCCN(C)C)C(=O)OCC(C)(CO)C(=O)OC1O[C@H]([C@H]2COC(C)(C)O2)[C@@H]2OC(C)(C)O[C@H]12. The summed E-state index contributed by atoms with van der Waals surface area (Å²) >= 11 is 0. The summed E-state index contributed by atoms with van der Waals surface area (Å²) in [5.41, 5.74) is -1.52. The number of hydrogen-bond acceptors (Lipinski definition) is 12. The molecule has 6 atom stereocenters. The molecule has 0 aromatic rings. The number of carbonyl (C=O) groups excluding carboxylic acids is 2. The summed E-state index contributed by atoms with van der Waals surface area (Å²) < 4.78 is 41.2. The smallest absolute Gasteiger partial charge is 0.409 e. The molecule has 13 heteroatoms. The Labute approximate surface area is 244 Å². The third kappa shape index (κ3) is 9.20. The first-order valence-electron chi connectivity index (χ1n) is 14.4. The maximum atomic E-state index is 13.4. The molecule has 238 valence electrons. The van der Waals surface area contributed by atoms with Crippen molar-refractivity contribution < 1.29 is 47.9 Å². The lowest BCUT2D eigenvalue weighted by Gasteiger charge is -2.30. The first-order chi connectivity index (χ1) is 19.1. The van der Waals surface area contributed by atoms with Crippen molar-refractivity contribution in [2.45, 2.75) is 89.7 Å². The van der Waals surface area contributed by atoms with Crippen molar-refractivity contribution in [3.8, 4) is 0 Å². The number of aliphatic hydroxyl groups is 1. The van der Waals surface area contributed by atoms with Crippen LogP contribution in [-0.4, -0.2) is 148 Å². The summed E-state index contributed by atoms with van der Waals surface area (Å²) in [6.07, 6.45) is -2.41. The molecule has 3 aliphatic heterocycles. The van der Waals surface area contributed by atoms with Gasteiger partial charge in [-0.2, -0.15) is 0 Å². The average molecular weight is 590 g/mol. The third-order valence-electron chi connectivity index (χ3n) is 7.35. The zero-order chi connectivity index (χ0) is 30.6. The fourth-order valence-electron chi connectivity index (χ4n) is 5.04. The summed E-state index contributed by atoms with van der Waals surface area (Å²) in [7, 11) is 7.91. The molecule has 3 fully saturated rings. The molecular formula is C28H51N3O10. The van der Waals surface area contributed by atoms with Gasteiger partial charge in [0.15, 0.2) is 17.7 Å². The van der Waals surface area contributed by atoms with E-state index in [1.54, 1.807) is 18.7 Å². The lowest BCUT2D eigenvalue weighted by atomic mass is 9.93. The van der Waals surface area contributed by atoms with Gasteiger partial charge in [-0.05, 0) is 88.7 Å². The lowest BCUT2D eigenvalue weighted by molar-refractivity contribution is -0.249. The maximum Gasteiger partial charge on any atom is 0.409 e. The molecule has 3 heterocycles. The number of hydrogen-bond donors (Lipinski definition) is 1. The highest BCUT2D eigenvalue weighted by Gasteiger charge is 2.61. The summed E-state index contributed by atoms with van der Waals surface area (Å²) in [6.45, 7) is 10.7. The van der Waals surface area contributed by atoms with Gasteiger partial charge in [0.05, 0.1) is 13.2 Å². The van der Waals surface area contributed by atoms with Crippen LogP contribution >= 0.6 is 0 Å². The largest absolute Gasteiger partial charge is 0.448 e. The van der Waals surface area contributed by atoms with Gasteiger partial charge in [-0.1, -0.05) is 0 Å². The van der Waals surface area contributed by atoms with E-state index in [4.69, 9.17) is 33.2 Å². The van der Waals surface area contributed by atoms with Gasteiger partial charge >= 0.3 is 12.1 Å². The van der Waals surface area contributed by atoms with E-state index < -0.39 is 66.4 Å². The van der Waals surface area contributed by atoms with Crippen molar-refractivity contribution in [2.75, 3.05) is 74.2 Å². The third-order valence-corrected chi connectivity index (χ3v) is 7.35. The van der Waals surface area contributed by atoms with Gasteiger partial charge in [-0.3, -0.25) is 4.79 Å². The second-order valence-electron chi connectivity index (χ2n) is 12.9. The van der Waals surface area contributed by atoms with Crippen LogP contribution in [0.1, 0.15) is 47.5 Å². The van der Waals surface area contributed by atoms with Gasteiger partial charge < -0.3 is 53.0 Å². The molecular weight excluding hydrogens is 538 g/mol. The van der Waals surface area contributed by atoms with Crippen LogP contribution in [0.3, 0.4) is 0 Å². The molecule has 0 aromatic heterocycles. The van der Waals surface area contributed by atoms with Gasteiger partial charge in [0.1, 0.15) is 30.3 Å². The highest BCUT2D eigenvalue weighted by Crippen LogP contribution is 2.43. The number of amides is 1. The first kappa shape index (κ1) is 33.9.